The van der Waals surface area contributed by atoms with E-state index in [0.717, 1.165) is 152 Å². The average molecular weight is 1620 g/mol. The Labute approximate surface area is 740 Å². The number of aromatic nitrogens is 2. The van der Waals surface area contributed by atoms with E-state index in [1.165, 1.54) is 54.7 Å². The van der Waals surface area contributed by atoms with Crippen LogP contribution in [0, 0.1) is 6.92 Å². The highest BCUT2D eigenvalue weighted by Gasteiger charge is 2.23. The molecular formula is C121H86N6. The molecule has 20 aromatic carbocycles. The Balaban J connectivity index is 0.594. The number of hydrogen-bond donors (Lipinski definition) is 0. The number of nitrogens with zero attached hydrogens (tertiary/aromatic N) is 6. The molecule has 2 aromatic heterocycles. The monoisotopic (exact) mass is 1620 g/mol. The molecule has 0 unspecified atom stereocenters. The number of fused-ring (bicyclic) bond motifs is 6. The number of benzene rings is 20. The van der Waals surface area contributed by atoms with Crippen LogP contribution in [0.3, 0.4) is 0 Å². The summed E-state index contributed by atoms with van der Waals surface area (Å²) in [5.41, 5.74) is 36.9. The lowest BCUT2D eigenvalue weighted by atomic mass is 9.92. The molecule has 22 aromatic rings. The van der Waals surface area contributed by atoms with Crippen LogP contribution in [0.1, 0.15) is 5.56 Å². The van der Waals surface area contributed by atoms with E-state index in [1.54, 1.807) is 0 Å². The highest BCUT2D eigenvalue weighted by atomic mass is 15.2. The number of para-hydroxylation sites is 9. The van der Waals surface area contributed by atoms with Crippen LogP contribution in [0.5, 0.6) is 0 Å². The van der Waals surface area contributed by atoms with Gasteiger partial charge < -0.3 is 28.7 Å². The molecular weight excluding hydrogens is 1540 g/mol. The number of aryl methyl sites for hydroxylation is 1. The fourth-order valence-electron chi connectivity index (χ4n) is 18.4. The van der Waals surface area contributed by atoms with Crippen molar-refractivity contribution in [1.29, 1.82) is 0 Å². The van der Waals surface area contributed by atoms with Gasteiger partial charge >= 0.3 is 0 Å². The van der Waals surface area contributed by atoms with Crippen LogP contribution in [-0.2, 0) is 0 Å². The van der Waals surface area contributed by atoms with Crippen molar-refractivity contribution in [2.75, 3.05) is 19.6 Å². The summed E-state index contributed by atoms with van der Waals surface area (Å²) in [6, 6.07) is 183. The van der Waals surface area contributed by atoms with Crippen LogP contribution in [0.15, 0.2) is 504 Å². The fourth-order valence-corrected chi connectivity index (χ4v) is 18.4. The summed E-state index contributed by atoms with van der Waals surface area (Å²) in [4.78, 5) is 9.36. The van der Waals surface area contributed by atoms with E-state index in [1.807, 2.05) is 0 Å². The summed E-state index contributed by atoms with van der Waals surface area (Å²) < 4.78 is 4.77. The number of anilines is 12. The lowest BCUT2D eigenvalue weighted by Gasteiger charge is -2.26. The highest BCUT2D eigenvalue weighted by Crippen LogP contribution is 2.46. The maximum Gasteiger partial charge on any atom is 0.0541 e. The van der Waals surface area contributed by atoms with Crippen LogP contribution in [0.2, 0.25) is 0 Å². The largest absolute Gasteiger partial charge is 0.311 e. The van der Waals surface area contributed by atoms with Crippen molar-refractivity contribution in [3.05, 3.63) is 509 Å². The van der Waals surface area contributed by atoms with Crippen molar-refractivity contribution in [3.63, 3.8) is 0 Å². The minimum Gasteiger partial charge on any atom is -0.311 e. The van der Waals surface area contributed by atoms with Gasteiger partial charge in [0.05, 0.1) is 22.1 Å². The van der Waals surface area contributed by atoms with Crippen LogP contribution in [-0.4, -0.2) is 9.13 Å². The van der Waals surface area contributed by atoms with Gasteiger partial charge in [0.15, 0.2) is 0 Å². The van der Waals surface area contributed by atoms with Gasteiger partial charge in [-0.2, -0.15) is 0 Å². The van der Waals surface area contributed by atoms with Crippen molar-refractivity contribution in [1.82, 2.24) is 9.13 Å². The molecule has 0 fully saturated rings. The minimum atomic E-state index is 1.04. The van der Waals surface area contributed by atoms with E-state index >= 15 is 0 Å². The molecule has 0 saturated heterocycles. The van der Waals surface area contributed by atoms with Crippen molar-refractivity contribution in [2.45, 2.75) is 6.92 Å². The first-order chi connectivity index (χ1) is 62.9. The zero-order chi connectivity index (χ0) is 84.5. The van der Waals surface area contributed by atoms with Gasteiger partial charge in [-0.05, 0) is 315 Å². The summed E-state index contributed by atoms with van der Waals surface area (Å²) in [6.07, 6.45) is 0. The zero-order valence-corrected chi connectivity index (χ0v) is 70.1. The molecule has 0 radical (unpaired) electrons. The fraction of sp³-hybridized carbons (Fsp3) is 0.00826. The van der Waals surface area contributed by atoms with Gasteiger partial charge in [-0.15, -0.1) is 0 Å². The van der Waals surface area contributed by atoms with E-state index in [9.17, 15) is 0 Å². The molecule has 2 heterocycles. The van der Waals surface area contributed by atoms with Crippen LogP contribution >= 0.6 is 0 Å². The van der Waals surface area contributed by atoms with Gasteiger partial charge in [0, 0.05) is 101 Å². The number of hydrogen-bond acceptors (Lipinski definition) is 4. The molecule has 0 bridgehead atoms. The molecule has 0 N–H and O–H groups in total. The lowest BCUT2D eigenvalue weighted by molar-refractivity contribution is 1.17. The normalized spacial score (nSPS) is 11.3. The van der Waals surface area contributed by atoms with Gasteiger partial charge in [-0.3, -0.25) is 0 Å². The van der Waals surface area contributed by atoms with E-state index < -0.39 is 0 Å². The first-order valence-corrected chi connectivity index (χ1v) is 43.5. The highest BCUT2D eigenvalue weighted by molar-refractivity contribution is 6.10. The molecule has 0 atom stereocenters. The average Bonchev–Trinajstić information content (AvgIpc) is 1.61. The van der Waals surface area contributed by atoms with Crippen molar-refractivity contribution >= 4 is 112 Å². The Bertz CT molecular complexity index is 7320. The molecule has 0 saturated carbocycles. The summed E-state index contributed by atoms with van der Waals surface area (Å²) in [7, 11) is 0. The Morgan fingerprint density at radius 3 is 0.488 bits per heavy atom. The number of rotatable bonds is 21. The SMILES string of the molecule is Cc1ccc(-c2cc(-c3ccc(N(c4ccccc4)c4ccc(-n5c6ccccc6c6ccccc65)cc4)cc3)cc(-c3ccc(N(c4ccc(-c5ccc(-c6cc(-c7ccc(N(c8ccccc8)c8ccccc8)cc7)cc(-c7ccc(N(c8ccccc8)c8ccccc8)cc7)c6)cc5)cc4)c4ccc(-n5c6ccccc6c6ccccc65)cc4)cc3)c2)cc1. The smallest absolute Gasteiger partial charge is 0.0541 e. The van der Waals surface area contributed by atoms with E-state index in [2.05, 4.69) is 539 Å². The maximum absolute atomic E-state index is 2.39. The quantitative estimate of drug-likeness (QED) is 0.0715. The van der Waals surface area contributed by atoms with Gasteiger partial charge in [0.1, 0.15) is 0 Å². The Morgan fingerprint density at radius 1 is 0.134 bits per heavy atom. The molecule has 127 heavy (non-hydrogen) atoms. The first-order valence-electron chi connectivity index (χ1n) is 43.5. The van der Waals surface area contributed by atoms with Crippen LogP contribution in [0.4, 0.5) is 68.2 Å². The van der Waals surface area contributed by atoms with Gasteiger partial charge in [-0.25, -0.2) is 0 Å². The molecule has 0 aliphatic heterocycles. The van der Waals surface area contributed by atoms with Gasteiger partial charge in [0.2, 0.25) is 0 Å². The van der Waals surface area contributed by atoms with E-state index in [4.69, 9.17) is 0 Å². The second-order valence-corrected chi connectivity index (χ2v) is 32.6. The van der Waals surface area contributed by atoms with E-state index in [0.29, 0.717) is 0 Å². The molecule has 6 nitrogen and oxygen atoms in total. The predicted octanol–water partition coefficient (Wildman–Crippen LogP) is 33.7. The standard InChI is InChI=1S/C121H86N6/c1-85-43-45-88(46-44-85)94-79-96(92-57-67-107(68-58-92)124(104-33-15-6-16-34-104)110-71-75-112(76-72-110)126-118-39-21-17-35-114(118)115-36-18-22-40-119(115)126)83-97(80-94)93-59-69-109(70-60-93)125(111-73-77-113(78-74-111)127-120-41-23-19-37-116(120)117-38-20-24-42-121(117)127)108-61-51-87(52-62-108)86-47-49-89(50-48-86)95-81-98(90-53-63-105(64-54-90)122(100-25-7-2-8-26-100)101-27-9-3-10-28-101)84-99(82-95)91-55-65-106(66-56-91)123(102-29-11-4-12-30-102)103-31-13-5-14-32-103/h2-84H,1H3. The third kappa shape index (κ3) is 15.0. The molecule has 600 valence electrons. The molecule has 0 aliphatic rings. The summed E-state index contributed by atoms with van der Waals surface area (Å²) in [5.74, 6) is 0. The topological polar surface area (TPSA) is 22.8 Å². The Hall–Kier alpha value is -16.8. The van der Waals surface area contributed by atoms with E-state index in [-0.39, 0.29) is 0 Å². The molecule has 6 heteroatoms. The molecule has 22 rings (SSSR count). The van der Waals surface area contributed by atoms with Crippen molar-refractivity contribution in [3.8, 4) is 89.3 Å². The summed E-state index contributed by atoms with van der Waals surface area (Å²) >= 11 is 0. The second-order valence-electron chi connectivity index (χ2n) is 32.6. The first kappa shape index (κ1) is 76.3. The summed E-state index contributed by atoms with van der Waals surface area (Å²) in [5, 5.41) is 4.96. The van der Waals surface area contributed by atoms with Gasteiger partial charge in [-0.1, -0.05) is 279 Å². The third-order valence-electron chi connectivity index (χ3n) is 24.7. The van der Waals surface area contributed by atoms with Crippen molar-refractivity contribution in [2.24, 2.45) is 0 Å². The molecule has 0 amide bonds. The molecule has 0 aliphatic carbocycles. The van der Waals surface area contributed by atoms with Crippen LogP contribution in [0.25, 0.3) is 133 Å². The minimum absolute atomic E-state index is 1.04. The Morgan fingerprint density at radius 2 is 0.283 bits per heavy atom. The molecule has 0 spiro atoms. The lowest BCUT2D eigenvalue weighted by Crippen LogP contribution is -2.10. The summed E-state index contributed by atoms with van der Waals surface area (Å²) in [6.45, 7) is 2.15. The van der Waals surface area contributed by atoms with Crippen molar-refractivity contribution < 1.29 is 0 Å². The second kappa shape index (κ2) is 33.6. The predicted molar refractivity (Wildman–Crippen MR) is 537 cm³/mol. The van der Waals surface area contributed by atoms with Crippen LogP contribution < -0.4 is 19.6 Å². The third-order valence-corrected chi connectivity index (χ3v) is 24.7. The maximum atomic E-state index is 2.39. The Kier molecular flexibility index (Phi) is 20.2. The van der Waals surface area contributed by atoms with Gasteiger partial charge in [0.25, 0.3) is 0 Å². The zero-order valence-electron chi connectivity index (χ0n) is 70.1.